The van der Waals surface area contributed by atoms with Crippen molar-refractivity contribution in [3.63, 3.8) is 0 Å². The van der Waals surface area contributed by atoms with Crippen LogP contribution >= 0.6 is 0 Å². The number of rotatable bonds is 10. The second-order valence-corrected chi connectivity index (χ2v) is 10.8. The second-order valence-electron chi connectivity index (χ2n) is 6.81. The van der Waals surface area contributed by atoms with Crippen molar-refractivity contribution in [2.75, 3.05) is 25.4 Å². The summed E-state index contributed by atoms with van der Waals surface area (Å²) in [6.07, 6.45) is 0.249. The Bertz CT molecular complexity index is 1080. The van der Waals surface area contributed by atoms with E-state index in [0.717, 1.165) is 0 Å². The second kappa shape index (κ2) is 10.2. The van der Waals surface area contributed by atoms with E-state index in [1.165, 1.54) is 22.5 Å². The number of hydrogen-bond donors (Lipinski definition) is 1. The summed E-state index contributed by atoms with van der Waals surface area (Å²) in [5.41, 5.74) is 0.782. The quantitative estimate of drug-likeness (QED) is 0.559. The van der Waals surface area contributed by atoms with E-state index >= 15 is 0 Å². The Morgan fingerprint density at radius 3 is 2.20 bits per heavy atom. The third-order valence-corrected chi connectivity index (χ3v) is 8.76. The monoisotopic (exact) mass is 452 g/mol. The van der Waals surface area contributed by atoms with E-state index in [1.807, 2.05) is 0 Å². The van der Waals surface area contributed by atoms with Crippen LogP contribution in [0.1, 0.15) is 36.2 Å². The van der Waals surface area contributed by atoms with Crippen LogP contribution in [-0.2, 0) is 19.9 Å². The van der Waals surface area contributed by atoms with Crippen LogP contribution in [-0.4, -0.2) is 52.4 Å². The van der Waals surface area contributed by atoms with E-state index in [-0.39, 0.29) is 34.1 Å². The smallest absolute Gasteiger partial charge is 0.251 e. The van der Waals surface area contributed by atoms with Gasteiger partial charge in [0.1, 0.15) is 0 Å². The number of sulfonamides is 1. The Kier molecular flexibility index (Phi) is 8.17. The van der Waals surface area contributed by atoms with Gasteiger partial charge in [-0.1, -0.05) is 38.1 Å². The van der Waals surface area contributed by atoms with Gasteiger partial charge in [0.15, 0.2) is 9.84 Å². The van der Waals surface area contributed by atoms with Gasteiger partial charge in [-0.25, -0.2) is 16.8 Å². The highest BCUT2D eigenvalue weighted by Crippen LogP contribution is 2.21. The van der Waals surface area contributed by atoms with Crippen LogP contribution in [0.3, 0.4) is 0 Å². The van der Waals surface area contributed by atoms with E-state index in [4.69, 9.17) is 0 Å². The lowest BCUT2D eigenvalue weighted by Crippen LogP contribution is -2.31. The van der Waals surface area contributed by atoms with Crippen LogP contribution < -0.4 is 5.32 Å². The highest BCUT2D eigenvalue weighted by molar-refractivity contribution is 7.91. The summed E-state index contributed by atoms with van der Waals surface area (Å²) in [7, 11) is -7.10. The van der Waals surface area contributed by atoms with Crippen molar-refractivity contribution in [3.8, 4) is 0 Å². The van der Waals surface area contributed by atoms with Gasteiger partial charge in [-0.3, -0.25) is 4.79 Å². The zero-order chi connectivity index (χ0) is 22.4. The summed E-state index contributed by atoms with van der Waals surface area (Å²) in [5, 5.41) is 2.67. The third kappa shape index (κ3) is 5.68. The number of nitrogens with one attached hydrogen (secondary N) is 1. The molecule has 1 amide bonds. The van der Waals surface area contributed by atoms with E-state index in [2.05, 4.69) is 5.32 Å². The van der Waals surface area contributed by atoms with E-state index in [1.54, 1.807) is 51.1 Å². The summed E-state index contributed by atoms with van der Waals surface area (Å²) in [4.78, 5) is 12.8. The van der Waals surface area contributed by atoms with Gasteiger partial charge in [-0.2, -0.15) is 4.31 Å². The molecule has 1 N–H and O–H groups in total. The predicted molar refractivity (Wildman–Crippen MR) is 117 cm³/mol. The number of carbonyl (C=O) groups is 1. The maximum absolute atomic E-state index is 12.8. The lowest BCUT2D eigenvalue weighted by atomic mass is 10.1. The van der Waals surface area contributed by atoms with Crippen molar-refractivity contribution in [2.24, 2.45) is 0 Å². The van der Waals surface area contributed by atoms with Crippen LogP contribution in [0.25, 0.3) is 0 Å². The molecule has 0 aliphatic heterocycles. The standard InChI is InChI=1S/C21H28N2O5S2/c1-4-23(5-2)30(27,28)20-16-18(13-12-17(20)3)21(24)22-14-9-15-29(25,26)19-10-7-6-8-11-19/h6-8,10-13,16H,4-5,9,14-15H2,1-3H3,(H,22,24). The molecule has 164 valence electrons. The Morgan fingerprint density at radius 1 is 0.967 bits per heavy atom. The zero-order valence-electron chi connectivity index (χ0n) is 17.5. The minimum absolute atomic E-state index is 0.0905. The molecule has 0 saturated heterocycles. The van der Waals surface area contributed by atoms with Crippen LogP contribution in [0.15, 0.2) is 58.3 Å². The Balaban J connectivity index is 2.04. The largest absolute Gasteiger partial charge is 0.352 e. The number of hydrogen-bond acceptors (Lipinski definition) is 5. The summed E-state index contributed by atoms with van der Waals surface area (Å²) in [5.74, 6) is -0.532. The highest BCUT2D eigenvalue weighted by atomic mass is 32.2. The molecule has 0 bridgehead atoms. The molecule has 2 aromatic rings. The molecule has 7 nitrogen and oxygen atoms in total. The minimum atomic E-state index is -3.69. The molecule has 0 aromatic heterocycles. The van der Waals surface area contributed by atoms with Crippen molar-refractivity contribution in [2.45, 2.75) is 37.0 Å². The fraction of sp³-hybridized carbons (Fsp3) is 0.381. The molecular formula is C21H28N2O5S2. The van der Waals surface area contributed by atoms with Gasteiger partial charge in [0.25, 0.3) is 5.91 Å². The molecule has 0 aliphatic carbocycles. The van der Waals surface area contributed by atoms with Crippen molar-refractivity contribution >= 4 is 25.8 Å². The number of amides is 1. The fourth-order valence-corrected chi connectivity index (χ4v) is 6.07. The molecule has 2 rings (SSSR count). The van der Waals surface area contributed by atoms with Gasteiger partial charge in [0.2, 0.25) is 10.0 Å². The molecule has 0 saturated carbocycles. The van der Waals surface area contributed by atoms with Crippen LogP contribution in [0.4, 0.5) is 0 Å². The Morgan fingerprint density at radius 2 is 1.60 bits per heavy atom. The van der Waals surface area contributed by atoms with Gasteiger partial charge in [0.05, 0.1) is 15.5 Å². The first kappa shape index (κ1) is 24.0. The summed E-state index contributed by atoms with van der Waals surface area (Å²) in [6, 6.07) is 12.7. The van der Waals surface area contributed by atoms with E-state index in [9.17, 15) is 21.6 Å². The molecule has 0 heterocycles. The topological polar surface area (TPSA) is 101 Å². The lowest BCUT2D eigenvalue weighted by molar-refractivity contribution is 0.0953. The average Bonchev–Trinajstić information content (AvgIpc) is 2.72. The van der Waals surface area contributed by atoms with Crippen LogP contribution in [0, 0.1) is 6.92 Å². The molecule has 0 radical (unpaired) electrons. The molecule has 0 fully saturated rings. The summed E-state index contributed by atoms with van der Waals surface area (Å²) in [6.45, 7) is 6.05. The molecule has 9 heteroatoms. The van der Waals surface area contributed by atoms with Crippen molar-refractivity contribution in [1.82, 2.24) is 9.62 Å². The lowest BCUT2D eigenvalue weighted by Gasteiger charge is -2.20. The molecule has 30 heavy (non-hydrogen) atoms. The Hall–Kier alpha value is -2.23. The molecule has 0 spiro atoms. The number of sulfone groups is 1. The van der Waals surface area contributed by atoms with Gasteiger partial charge < -0.3 is 5.32 Å². The highest BCUT2D eigenvalue weighted by Gasteiger charge is 2.24. The zero-order valence-corrected chi connectivity index (χ0v) is 19.1. The molecule has 0 unspecified atom stereocenters. The number of aryl methyl sites for hydroxylation is 1. The van der Waals surface area contributed by atoms with Gasteiger partial charge in [0, 0.05) is 25.2 Å². The van der Waals surface area contributed by atoms with Crippen molar-refractivity contribution in [1.29, 1.82) is 0 Å². The molecule has 0 atom stereocenters. The molecule has 0 aliphatic rings. The number of carbonyl (C=O) groups excluding carboxylic acids is 1. The third-order valence-electron chi connectivity index (χ3n) is 4.75. The first-order chi connectivity index (χ1) is 14.1. The summed E-state index contributed by atoms with van der Waals surface area (Å²) >= 11 is 0. The summed E-state index contributed by atoms with van der Waals surface area (Å²) < 4.78 is 51.5. The SMILES string of the molecule is CCN(CC)S(=O)(=O)c1cc(C(=O)NCCCS(=O)(=O)c2ccccc2)ccc1C. The van der Waals surface area contributed by atoms with Gasteiger partial charge in [-0.15, -0.1) is 0 Å². The van der Waals surface area contributed by atoms with Crippen LogP contribution in [0.5, 0.6) is 0 Å². The minimum Gasteiger partial charge on any atom is -0.352 e. The molecule has 2 aromatic carbocycles. The first-order valence-corrected chi connectivity index (χ1v) is 12.9. The fourth-order valence-electron chi connectivity index (χ4n) is 3.03. The maximum atomic E-state index is 12.8. The predicted octanol–water partition coefficient (Wildman–Crippen LogP) is 2.62. The van der Waals surface area contributed by atoms with Crippen LogP contribution in [0.2, 0.25) is 0 Å². The average molecular weight is 453 g/mol. The van der Waals surface area contributed by atoms with Gasteiger partial charge >= 0.3 is 0 Å². The van der Waals surface area contributed by atoms with E-state index < -0.39 is 25.8 Å². The maximum Gasteiger partial charge on any atom is 0.251 e. The van der Waals surface area contributed by atoms with Crippen molar-refractivity contribution in [3.05, 3.63) is 59.7 Å². The Labute approximate surface area is 179 Å². The molecular weight excluding hydrogens is 424 g/mol. The normalized spacial score (nSPS) is 12.1. The number of nitrogens with zero attached hydrogens (tertiary/aromatic N) is 1. The number of benzene rings is 2. The van der Waals surface area contributed by atoms with Crippen molar-refractivity contribution < 1.29 is 21.6 Å². The van der Waals surface area contributed by atoms with E-state index in [0.29, 0.717) is 18.7 Å². The first-order valence-electron chi connectivity index (χ1n) is 9.80. The van der Waals surface area contributed by atoms with Gasteiger partial charge in [-0.05, 0) is 43.2 Å².